The first-order valence-electron chi connectivity index (χ1n) is 6.38. The molecule has 20 heavy (non-hydrogen) atoms. The van der Waals surface area contributed by atoms with Gasteiger partial charge in [0.15, 0.2) is 0 Å². The maximum absolute atomic E-state index is 8.79. The van der Waals surface area contributed by atoms with Crippen molar-refractivity contribution < 1.29 is 4.74 Å². The molecule has 5 heteroatoms. The number of nitrogens with one attached hydrogen (secondary N) is 1. The minimum Gasteiger partial charge on any atom is -0.496 e. The number of nitriles is 1. The van der Waals surface area contributed by atoms with Gasteiger partial charge in [-0.05, 0) is 23.6 Å². The minimum absolute atomic E-state index is 0.353. The van der Waals surface area contributed by atoms with E-state index in [1.807, 2.05) is 18.2 Å². The molecule has 0 bridgehead atoms. The van der Waals surface area contributed by atoms with E-state index in [1.54, 1.807) is 13.2 Å². The zero-order valence-corrected chi connectivity index (χ0v) is 11.6. The Morgan fingerprint density at radius 1 is 1.30 bits per heavy atom. The third-order valence-corrected chi connectivity index (χ3v) is 2.98. The van der Waals surface area contributed by atoms with Crippen molar-refractivity contribution in [2.75, 3.05) is 12.4 Å². The van der Waals surface area contributed by atoms with E-state index in [1.165, 1.54) is 11.9 Å². The highest BCUT2D eigenvalue weighted by Crippen LogP contribution is 2.20. The molecule has 5 nitrogen and oxygen atoms in total. The third kappa shape index (κ3) is 3.23. The molecule has 0 fully saturated rings. The van der Waals surface area contributed by atoms with E-state index in [0.717, 1.165) is 17.7 Å². The fraction of sp³-hybridized carbons (Fsp3) is 0.267. The van der Waals surface area contributed by atoms with Gasteiger partial charge in [0.2, 0.25) is 0 Å². The number of aryl methyl sites for hydroxylation is 1. The molecule has 1 N–H and O–H groups in total. The van der Waals surface area contributed by atoms with Gasteiger partial charge in [0, 0.05) is 12.6 Å². The molecule has 0 saturated heterocycles. The molecule has 0 saturated carbocycles. The Morgan fingerprint density at radius 2 is 2.15 bits per heavy atom. The molecule has 0 aliphatic rings. The summed E-state index contributed by atoms with van der Waals surface area (Å²) < 4.78 is 5.31. The van der Waals surface area contributed by atoms with E-state index < -0.39 is 0 Å². The number of hydrogen-bond acceptors (Lipinski definition) is 5. The summed E-state index contributed by atoms with van der Waals surface area (Å²) in [5.41, 5.74) is 2.67. The van der Waals surface area contributed by atoms with Crippen molar-refractivity contribution in [3.63, 3.8) is 0 Å². The summed E-state index contributed by atoms with van der Waals surface area (Å²) in [6, 6.07) is 9.71. The van der Waals surface area contributed by atoms with Crippen LogP contribution in [-0.2, 0) is 13.0 Å². The number of nitrogens with zero attached hydrogens (tertiary/aromatic N) is 3. The smallest absolute Gasteiger partial charge is 0.145 e. The average molecular weight is 268 g/mol. The van der Waals surface area contributed by atoms with Crippen LogP contribution in [0.4, 0.5) is 5.82 Å². The van der Waals surface area contributed by atoms with Crippen LogP contribution in [0.2, 0.25) is 0 Å². The second kappa shape index (κ2) is 6.53. The Hall–Kier alpha value is -2.61. The number of rotatable bonds is 5. The van der Waals surface area contributed by atoms with E-state index >= 15 is 0 Å². The number of anilines is 1. The largest absolute Gasteiger partial charge is 0.496 e. The predicted octanol–water partition coefficient (Wildman–Crippen LogP) is 2.53. The van der Waals surface area contributed by atoms with Crippen molar-refractivity contribution in [1.82, 2.24) is 9.97 Å². The molecule has 0 spiro atoms. The highest BCUT2D eigenvalue weighted by Gasteiger charge is 2.03. The summed E-state index contributed by atoms with van der Waals surface area (Å²) in [5.74, 6) is 1.55. The van der Waals surface area contributed by atoms with Crippen LogP contribution in [0.15, 0.2) is 30.6 Å². The van der Waals surface area contributed by atoms with Crippen molar-refractivity contribution in [3.8, 4) is 11.8 Å². The summed E-state index contributed by atoms with van der Waals surface area (Å²) in [5, 5.41) is 12.0. The number of methoxy groups -OCH3 is 1. The Morgan fingerprint density at radius 3 is 2.85 bits per heavy atom. The summed E-state index contributed by atoms with van der Waals surface area (Å²) in [7, 11) is 1.68. The second-order valence-corrected chi connectivity index (χ2v) is 4.25. The van der Waals surface area contributed by atoms with Crippen LogP contribution in [0, 0.1) is 11.3 Å². The number of benzene rings is 1. The lowest BCUT2D eigenvalue weighted by molar-refractivity contribution is 0.410. The number of ether oxygens (including phenoxy) is 1. The molecule has 102 valence electrons. The average Bonchev–Trinajstić information content (AvgIpc) is 2.52. The molecular weight excluding hydrogens is 252 g/mol. The third-order valence-electron chi connectivity index (χ3n) is 2.98. The molecule has 0 unspecified atom stereocenters. The van der Waals surface area contributed by atoms with Crippen LogP contribution < -0.4 is 10.1 Å². The highest BCUT2D eigenvalue weighted by atomic mass is 16.5. The lowest BCUT2D eigenvalue weighted by Gasteiger charge is -2.10. The maximum Gasteiger partial charge on any atom is 0.145 e. The molecule has 0 amide bonds. The molecule has 2 rings (SSSR count). The number of aromatic nitrogens is 2. The van der Waals surface area contributed by atoms with Crippen molar-refractivity contribution in [1.29, 1.82) is 5.26 Å². The van der Waals surface area contributed by atoms with E-state index in [0.29, 0.717) is 18.1 Å². The summed E-state index contributed by atoms with van der Waals surface area (Å²) in [6.07, 6.45) is 2.30. The van der Waals surface area contributed by atoms with Gasteiger partial charge in [0.1, 0.15) is 29.7 Å². The van der Waals surface area contributed by atoms with Gasteiger partial charge in [-0.25, -0.2) is 9.97 Å². The summed E-state index contributed by atoms with van der Waals surface area (Å²) in [4.78, 5) is 7.91. The van der Waals surface area contributed by atoms with Crippen molar-refractivity contribution in [2.45, 2.75) is 19.9 Å². The Kier molecular flexibility index (Phi) is 4.51. The first-order valence-corrected chi connectivity index (χ1v) is 6.38. The monoisotopic (exact) mass is 268 g/mol. The summed E-state index contributed by atoms with van der Waals surface area (Å²) in [6.45, 7) is 2.73. The van der Waals surface area contributed by atoms with Gasteiger partial charge in [-0.3, -0.25) is 0 Å². The van der Waals surface area contributed by atoms with Crippen LogP contribution >= 0.6 is 0 Å². The normalized spacial score (nSPS) is 9.85. The molecule has 0 aliphatic heterocycles. The zero-order valence-electron chi connectivity index (χ0n) is 11.6. The van der Waals surface area contributed by atoms with Crippen molar-refractivity contribution in [2.24, 2.45) is 0 Å². The van der Waals surface area contributed by atoms with E-state index in [2.05, 4.69) is 28.3 Å². The quantitative estimate of drug-likeness (QED) is 0.902. The Bertz CT molecular complexity index is 634. The highest BCUT2D eigenvalue weighted by molar-refractivity contribution is 5.42. The molecule has 1 aromatic heterocycles. The van der Waals surface area contributed by atoms with Gasteiger partial charge in [0.05, 0.1) is 7.11 Å². The second-order valence-electron chi connectivity index (χ2n) is 4.25. The number of hydrogen-bond donors (Lipinski definition) is 1. The predicted molar refractivity (Wildman–Crippen MR) is 76.4 cm³/mol. The molecule has 1 heterocycles. The molecule has 2 aromatic rings. The van der Waals surface area contributed by atoms with Crippen LogP contribution in [0.3, 0.4) is 0 Å². The van der Waals surface area contributed by atoms with Gasteiger partial charge in [-0.1, -0.05) is 19.1 Å². The molecular formula is C15H16N4O. The SMILES string of the molecule is CCc1cc(CNc2cc(C#N)ncn2)ccc1OC. The topological polar surface area (TPSA) is 70.8 Å². The molecule has 0 radical (unpaired) electrons. The van der Waals surface area contributed by atoms with E-state index in [-0.39, 0.29) is 0 Å². The fourth-order valence-electron chi connectivity index (χ4n) is 1.93. The Labute approximate surface area is 118 Å². The molecule has 0 aliphatic carbocycles. The lowest BCUT2D eigenvalue weighted by atomic mass is 10.1. The lowest BCUT2D eigenvalue weighted by Crippen LogP contribution is -2.03. The van der Waals surface area contributed by atoms with Crippen LogP contribution in [0.5, 0.6) is 5.75 Å². The maximum atomic E-state index is 8.79. The van der Waals surface area contributed by atoms with Crippen molar-refractivity contribution in [3.05, 3.63) is 47.4 Å². The van der Waals surface area contributed by atoms with Gasteiger partial charge in [0.25, 0.3) is 0 Å². The summed E-state index contributed by atoms with van der Waals surface area (Å²) >= 11 is 0. The first-order chi connectivity index (χ1) is 9.76. The molecule has 0 atom stereocenters. The van der Waals surface area contributed by atoms with Gasteiger partial charge >= 0.3 is 0 Å². The molecule has 1 aromatic carbocycles. The minimum atomic E-state index is 0.353. The van der Waals surface area contributed by atoms with Gasteiger partial charge < -0.3 is 10.1 Å². The van der Waals surface area contributed by atoms with E-state index in [9.17, 15) is 0 Å². The zero-order chi connectivity index (χ0) is 14.4. The van der Waals surface area contributed by atoms with E-state index in [4.69, 9.17) is 10.00 Å². The Balaban J connectivity index is 2.09. The van der Waals surface area contributed by atoms with Gasteiger partial charge in [-0.2, -0.15) is 5.26 Å². The van der Waals surface area contributed by atoms with Crippen LogP contribution in [-0.4, -0.2) is 17.1 Å². The van der Waals surface area contributed by atoms with Crippen LogP contribution in [0.1, 0.15) is 23.7 Å². The first kappa shape index (κ1) is 13.8. The van der Waals surface area contributed by atoms with Gasteiger partial charge in [-0.15, -0.1) is 0 Å². The van der Waals surface area contributed by atoms with Crippen molar-refractivity contribution >= 4 is 5.82 Å². The standard InChI is InChI=1S/C15H16N4O/c1-3-12-6-11(4-5-14(12)20-2)9-17-15-7-13(8-16)18-10-19-15/h4-7,10H,3,9H2,1-2H3,(H,17,18,19). The fourth-order valence-corrected chi connectivity index (χ4v) is 1.93. The van der Waals surface area contributed by atoms with Crippen LogP contribution in [0.25, 0.3) is 0 Å².